The van der Waals surface area contributed by atoms with Gasteiger partial charge in [0.15, 0.2) is 28.8 Å². The van der Waals surface area contributed by atoms with Crippen LogP contribution in [0.4, 0.5) is 0 Å². The minimum Gasteiger partial charge on any atom is -0.426 e. The van der Waals surface area contributed by atoms with Gasteiger partial charge in [-0.3, -0.25) is 4.55 Å². The summed E-state index contributed by atoms with van der Waals surface area (Å²) in [6.07, 6.45) is 22.2. The van der Waals surface area contributed by atoms with Gasteiger partial charge in [-0.25, -0.2) is 0 Å². The van der Waals surface area contributed by atoms with Crippen LogP contribution in [0.1, 0.15) is 115 Å². The predicted octanol–water partition coefficient (Wildman–Crippen LogP) is 8.47. The van der Waals surface area contributed by atoms with Crippen LogP contribution in [0, 0.1) is 0 Å². The average Bonchev–Trinajstić information content (AvgIpc) is 2.72. The summed E-state index contributed by atoms with van der Waals surface area (Å²) >= 11 is 1.62. The second-order valence-corrected chi connectivity index (χ2v) is 10.2. The number of benzene rings is 1. The molecule has 1 aromatic carbocycles. The molecule has 6 heteroatoms. The predicted molar refractivity (Wildman–Crippen MR) is 134 cm³/mol. The van der Waals surface area contributed by atoms with Crippen LogP contribution in [0.3, 0.4) is 0 Å². The number of hydrogen-bond donors (Lipinski definition) is 1. The van der Waals surface area contributed by atoms with Crippen LogP contribution < -0.4 is 3.07 Å². The third kappa shape index (κ3) is 13.2. The van der Waals surface area contributed by atoms with Gasteiger partial charge in [-0.1, -0.05) is 109 Å². The Labute approximate surface area is 199 Å². The molecule has 0 aliphatic carbocycles. The van der Waals surface area contributed by atoms with Crippen molar-refractivity contribution in [3.8, 4) is 5.75 Å². The van der Waals surface area contributed by atoms with Crippen molar-refractivity contribution >= 4 is 33.1 Å². The van der Waals surface area contributed by atoms with Crippen molar-refractivity contribution in [1.29, 1.82) is 0 Å². The number of halogens is 1. The molecule has 0 atom stereocenters. The fourth-order valence-electron chi connectivity index (χ4n) is 3.85. The van der Waals surface area contributed by atoms with E-state index in [9.17, 15) is 13.0 Å². The van der Waals surface area contributed by atoms with E-state index in [1.54, 1.807) is 29.1 Å². The van der Waals surface area contributed by atoms with Gasteiger partial charge >= 0.3 is 0 Å². The Morgan fingerprint density at radius 1 is 0.767 bits per heavy atom. The molecule has 4 nitrogen and oxygen atoms in total. The highest BCUT2D eigenvalue weighted by Gasteiger charge is 2.17. The molecule has 0 saturated carbocycles. The molecular weight excluding hydrogens is 511 g/mol. The topological polar surface area (TPSA) is 63.6 Å². The van der Waals surface area contributed by atoms with E-state index < -0.39 is 10.1 Å². The summed E-state index contributed by atoms with van der Waals surface area (Å²) in [6.45, 7) is 2.27. The summed E-state index contributed by atoms with van der Waals surface area (Å²) in [7, 11) is -4.26. The Bertz CT molecular complexity index is 661. The maximum atomic E-state index is 11.5. The smallest absolute Gasteiger partial charge is 0.298 e. The van der Waals surface area contributed by atoms with Crippen molar-refractivity contribution in [3.05, 3.63) is 23.8 Å². The van der Waals surface area contributed by atoms with Gasteiger partial charge in [0.1, 0.15) is 4.90 Å². The van der Waals surface area contributed by atoms with E-state index in [4.69, 9.17) is 3.07 Å². The Balaban J connectivity index is 1.99. The Morgan fingerprint density at radius 2 is 1.20 bits per heavy atom. The standard InChI is InChI=1S/C24H41IO4S/c1-2-3-4-5-6-7-8-9-10-11-12-13-14-15-16-17-18-22-19-20-23(29-25)24(21-22)30(26,27)28/h19-21H,2-18H2,1H3,(H,26,27,28). The molecule has 0 spiro atoms. The zero-order valence-corrected chi connectivity index (χ0v) is 21.7. The maximum absolute atomic E-state index is 11.5. The molecule has 0 aliphatic heterocycles. The van der Waals surface area contributed by atoms with Gasteiger partial charge in [0.05, 0.1) is 0 Å². The van der Waals surface area contributed by atoms with Crippen LogP contribution in [-0.2, 0) is 16.5 Å². The molecule has 0 radical (unpaired) electrons. The largest absolute Gasteiger partial charge is 0.426 e. The van der Waals surface area contributed by atoms with Crippen LogP contribution in [0.2, 0.25) is 0 Å². The van der Waals surface area contributed by atoms with Crippen molar-refractivity contribution in [2.24, 2.45) is 0 Å². The van der Waals surface area contributed by atoms with Crippen molar-refractivity contribution in [1.82, 2.24) is 0 Å². The van der Waals surface area contributed by atoms with Gasteiger partial charge in [0.2, 0.25) is 0 Å². The monoisotopic (exact) mass is 552 g/mol. The van der Waals surface area contributed by atoms with Gasteiger partial charge in [-0.05, 0) is 30.5 Å². The van der Waals surface area contributed by atoms with E-state index in [0.717, 1.165) is 24.8 Å². The zero-order chi connectivity index (χ0) is 22.1. The van der Waals surface area contributed by atoms with Gasteiger partial charge < -0.3 is 3.07 Å². The summed E-state index contributed by atoms with van der Waals surface area (Å²) < 4.78 is 37.2. The molecule has 0 bridgehead atoms. The van der Waals surface area contributed by atoms with E-state index in [1.807, 2.05) is 6.07 Å². The molecule has 0 aromatic heterocycles. The molecule has 1 aromatic rings. The SMILES string of the molecule is CCCCCCCCCCCCCCCCCCc1ccc(OI)c(S(=O)(=O)O)c1. The molecule has 0 fully saturated rings. The Kier molecular flexibility index (Phi) is 15.9. The lowest BCUT2D eigenvalue weighted by atomic mass is 10.0. The first-order chi connectivity index (χ1) is 14.5. The van der Waals surface area contributed by atoms with Crippen LogP contribution >= 0.6 is 23.0 Å². The fraction of sp³-hybridized carbons (Fsp3) is 0.750. The normalized spacial score (nSPS) is 11.7. The minimum atomic E-state index is -4.26. The third-order valence-electron chi connectivity index (χ3n) is 5.69. The Hall–Kier alpha value is -0.340. The third-order valence-corrected chi connectivity index (χ3v) is 7.04. The van der Waals surface area contributed by atoms with Gasteiger partial charge in [0, 0.05) is 0 Å². The molecule has 0 heterocycles. The lowest BCUT2D eigenvalue weighted by molar-refractivity contribution is 0.479. The fourth-order valence-corrected chi connectivity index (χ4v) is 5.05. The average molecular weight is 553 g/mol. The number of unbranched alkanes of at least 4 members (excludes halogenated alkanes) is 15. The van der Waals surface area contributed by atoms with E-state index in [1.165, 1.54) is 96.0 Å². The van der Waals surface area contributed by atoms with Crippen molar-refractivity contribution in [2.45, 2.75) is 121 Å². The quantitative estimate of drug-likeness (QED) is 0.106. The van der Waals surface area contributed by atoms with Crippen LogP contribution in [0.15, 0.2) is 23.1 Å². The van der Waals surface area contributed by atoms with Gasteiger partial charge in [-0.15, -0.1) is 0 Å². The van der Waals surface area contributed by atoms with Crippen molar-refractivity contribution < 1.29 is 16.0 Å². The second kappa shape index (κ2) is 17.2. The summed E-state index contributed by atoms with van der Waals surface area (Å²) in [5.41, 5.74) is 0.921. The van der Waals surface area contributed by atoms with E-state index in [0.29, 0.717) is 0 Å². The highest BCUT2D eigenvalue weighted by atomic mass is 127. The first-order valence-electron chi connectivity index (χ1n) is 11.9. The summed E-state index contributed by atoms with van der Waals surface area (Å²) in [5, 5.41) is 0. The highest BCUT2D eigenvalue weighted by molar-refractivity contribution is 14.1. The highest BCUT2D eigenvalue weighted by Crippen LogP contribution is 2.27. The molecule has 174 valence electrons. The molecule has 30 heavy (non-hydrogen) atoms. The van der Waals surface area contributed by atoms with Gasteiger partial charge in [0.25, 0.3) is 10.1 Å². The van der Waals surface area contributed by atoms with Crippen molar-refractivity contribution in [3.63, 3.8) is 0 Å². The summed E-state index contributed by atoms with van der Waals surface area (Å²) in [4.78, 5) is -0.147. The zero-order valence-electron chi connectivity index (χ0n) is 18.7. The molecule has 1 N–H and O–H groups in total. The van der Waals surface area contributed by atoms with Crippen LogP contribution in [-0.4, -0.2) is 13.0 Å². The summed E-state index contributed by atoms with van der Waals surface area (Å²) in [5.74, 6) is 0.175. The lowest BCUT2D eigenvalue weighted by Gasteiger charge is -2.07. The second-order valence-electron chi connectivity index (χ2n) is 8.39. The van der Waals surface area contributed by atoms with E-state index in [-0.39, 0.29) is 10.6 Å². The minimum absolute atomic E-state index is 0.147. The summed E-state index contributed by atoms with van der Waals surface area (Å²) in [6, 6.07) is 5.00. The Morgan fingerprint density at radius 3 is 1.60 bits per heavy atom. The van der Waals surface area contributed by atoms with Gasteiger partial charge in [-0.2, -0.15) is 8.42 Å². The van der Waals surface area contributed by atoms with Crippen LogP contribution in [0.5, 0.6) is 5.75 Å². The molecule has 0 saturated heterocycles. The maximum Gasteiger partial charge on any atom is 0.298 e. The molecule has 0 amide bonds. The molecular formula is C24H41IO4S. The van der Waals surface area contributed by atoms with E-state index >= 15 is 0 Å². The molecule has 0 unspecified atom stereocenters. The number of rotatable bonds is 19. The van der Waals surface area contributed by atoms with Crippen LogP contribution in [0.25, 0.3) is 0 Å². The number of aryl methyl sites for hydroxylation is 1. The van der Waals surface area contributed by atoms with Crippen molar-refractivity contribution in [2.75, 3.05) is 0 Å². The number of hydrogen-bond acceptors (Lipinski definition) is 3. The first kappa shape index (κ1) is 27.7. The molecule has 1 rings (SSSR count). The molecule has 0 aliphatic rings. The van der Waals surface area contributed by atoms with E-state index in [2.05, 4.69) is 6.92 Å². The first-order valence-corrected chi connectivity index (χ1v) is 14.2. The lowest BCUT2D eigenvalue weighted by Crippen LogP contribution is -2.01.